The van der Waals surface area contributed by atoms with Gasteiger partial charge in [0, 0.05) is 43.0 Å². The van der Waals surface area contributed by atoms with Gasteiger partial charge in [0.15, 0.2) is 0 Å². The molecular weight excluding hydrogens is 412 g/mol. The number of hydrogen-bond acceptors (Lipinski definition) is 3. The van der Waals surface area contributed by atoms with Crippen molar-refractivity contribution in [2.24, 2.45) is 0 Å². The summed E-state index contributed by atoms with van der Waals surface area (Å²) in [6, 6.07) is 18.6. The maximum absolute atomic E-state index is 14.0. The first-order chi connectivity index (χ1) is 15.3. The average Bonchev–Trinajstić information content (AvgIpc) is 3.14. The molecule has 2 aromatic carbocycles. The monoisotopic (exact) mass is 443 g/mol. The minimum absolute atomic E-state index is 0.0297. The van der Waals surface area contributed by atoms with E-state index in [-0.39, 0.29) is 44.9 Å². The second-order valence-electron chi connectivity index (χ2n) is 8.33. The van der Waals surface area contributed by atoms with E-state index in [0.717, 1.165) is 22.2 Å². The highest BCUT2D eigenvalue weighted by Crippen LogP contribution is 2.33. The van der Waals surface area contributed by atoms with E-state index in [9.17, 15) is 13.6 Å². The van der Waals surface area contributed by atoms with Gasteiger partial charge in [-0.1, -0.05) is 30.3 Å². The summed E-state index contributed by atoms with van der Waals surface area (Å²) in [6.07, 6.45) is -0.147. The number of nitrogens with zero attached hydrogens (tertiary/aromatic N) is 1. The molecular formula is C26H31F2NO3. The number of halogens is 2. The van der Waals surface area contributed by atoms with Crippen LogP contribution in [0.15, 0.2) is 54.6 Å². The summed E-state index contributed by atoms with van der Waals surface area (Å²) in [5, 5.41) is 1.12. The molecule has 3 rings (SSSR count). The minimum atomic E-state index is -2.79. The van der Waals surface area contributed by atoms with E-state index in [1.807, 2.05) is 36.4 Å². The van der Waals surface area contributed by atoms with Crippen LogP contribution in [0.5, 0.6) is 5.75 Å². The Labute approximate surface area is 188 Å². The molecule has 0 aliphatic rings. The van der Waals surface area contributed by atoms with Crippen LogP contribution >= 0.6 is 0 Å². The lowest BCUT2D eigenvalue weighted by Gasteiger charge is -2.17. The standard InChI is InChI=1S/C26H31F2NO3/c1-19(2)29-24(21-9-5-4-6-10-21)17-22-11-12-23(18-25(22)29)32-16-8-14-26(27,28)13-7-15-31-20(3)30/h4-6,9-12,17-19H,7-8,13-16H2,1-3H3. The van der Waals surface area contributed by atoms with Crippen LogP contribution in [0.1, 0.15) is 52.5 Å². The summed E-state index contributed by atoms with van der Waals surface area (Å²) in [4.78, 5) is 10.7. The Morgan fingerprint density at radius 3 is 2.34 bits per heavy atom. The average molecular weight is 444 g/mol. The summed E-state index contributed by atoms with van der Waals surface area (Å²) >= 11 is 0. The number of carbonyl (C=O) groups is 1. The predicted octanol–water partition coefficient (Wildman–Crippen LogP) is 7.03. The molecule has 1 aromatic heterocycles. The molecule has 0 amide bonds. The van der Waals surface area contributed by atoms with Gasteiger partial charge in [-0.05, 0) is 50.5 Å². The summed E-state index contributed by atoms with van der Waals surface area (Å²) in [6.45, 7) is 5.81. The molecule has 0 aliphatic heterocycles. The molecule has 0 fully saturated rings. The van der Waals surface area contributed by atoms with Crippen LogP contribution in [0, 0.1) is 0 Å². The van der Waals surface area contributed by atoms with Gasteiger partial charge in [-0.15, -0.1) is 0 Å². The lowest BCUT2D eigenvalue weighted by atomic mass is 10.1. The largest absolute Gasteiger partial charge is 0.494 e. The zero-order valence-corrected chi connectivity index (χ0v) is 18.9. The van der Waals surface area contributed by atoms with Crippen LogP contribution in [0.2, 0.25) is 0 Å². The molecule has 0 saturated carbocycles. The molecule has 4 nitrogen and oxygen atoms in total. The Balaban J connectivity index is 1.61. The SMILES string of the molecule is CC(=O)OCCCC(F)(F)CCCOc1ccc2cc(-c3ccccc3)n(C(C)C)c2c1. The fraction of sp³-hybridized carbons (Fsp3) is 0.423. The van der Waals surface area contributed by atoms with E-state index < -0.39 is 11.9 Å². The fourth-order valence-electron chi connectivity index (χ4n) is 3.87. The number of hydrogen-bond donors (Lipinski definition) is 0. The van der Waals surface area contributed by atoms with E-state index >= 15 is 0 Å². The topological polar surface area (TPSA) is 40.5 Å². The third-order valence-electron chi connectivity index (χ3n) is 5.35. The number of carbonyl (C=O) groups excluding carboxylic acids is 1. The summed E-state index contributed by atoms with van der Waals surface area (Å²) in [7, 11) is 0. The van der Waals surface area contributed by atoms with Crippen molar-refractivity contribution in [1.29, 1.82) is 0 Å². The van der Waals surface area contributed by atoms with Crippen LogP contribution in [-0.2, 0) is 9.53 Å². The zero-order chi connectivity index (χ0) is 23.1. The number of alkyl halides is 2. The molecule has 0 spiro atoms. The molecule has 0 atom stereocenters. The van der Waals surface area contributed by atoms with E-state index in [1.54, 1.807) is 0 Å². The van der Waals surface area contributed by atoms with Gasteiger partial charge in [-0.2, -0.15) is 0 Å². The van der Waals surface area contributed by atoms with Crippen molar-refractivity contribution in [3.05, 3.63) is 54.6 Å². The Hall–Kier alpha value is -2.89. The van der Waals surface area contributed by atoms with Crippen LogP contribution < -0.4 is 4.74 Å². The highest BCUT2D eigenvalue weighted by molar-refractivity contribution is 5.88. The number of ether oxygens (including phenoxy) is 2. The molecule has 1 heterocycles. The fourth-order valence-corrected chi connectivity index (χ4v) is 3.87. The normalized spacial score (nSPS) is 11.8. The van der Waals surface area contributed by atoms with Crippen molar-refractivity contribution in [1.82, 2.24) is 4.57 Å². The zero-order valence-electron chi connectivity index (χ0n) is 18.9. The van der Waals surface area contributed by atoms with Crippen molar-refractivity contribution in [3.63, 3.8) is 0 Å². The molecule has 0 radical (unpaired) electrons. The number of benzene rings is 2. The van der Waals surface area contributed by atoms with E-state index in [2.05, 4.69) is 36.6 Å². The van der Waals surface area contributed by atoms with Gasteiger partial charge in [0.1, 0.15) is 5.75 Å². The predicted molar refractivity (Wildman–Crippen MR) is 123 cm³/mol. The molecule has 6 heteroatoms. The first kappa shape index (κ1) is 23.8. The lowest BCUT2D eigenvalue weighted by Crippen LogP contribution is -2.18. The quantitative estimate of drug-likeness (QED) is 0.236. The maximum atomic E-state index is 14.0. The molecule has 0 bridgehead atoms. The summed E-state index contributed by atoms with van der Waals surface area (Å²) in [5.41, 5.74) is 3.35. The Bertz CT molecular complexity index is 1030. The van der Waals surface area contributed by atoms with Gasteiger partial charge in [0.2, 0.25) is 5.92 Å². The maximum Gasteiger partial charge on any atom is 0.302 e. The Morgan fingerprint density at radius 2 is 1.69 bits per heavy atom. The van der Waals surface area contributed by atoms with Gasteiger partial charge >= 0.3 is 5.97 Å². The van der Waals surface area contributed by atoms with Gasteiger partial charge in [-0.25, -0.2) is 8.78 Å². The highest BCUT2D eigenvalue weighted by Gasteiger charge is 2.27. The van der Waals surface area contributed by atoms with Crippen molar-refractivity contribution in [2.75, 3.05) is 13.2 Å². The highest BCUT2D eigenvalue weighted by atomic mass is 19.3. The van der Waals surface area contributed by atoms with Gasteiger partial charge in [0.25, 0.3) is 0 Å². The lowest BCUT2D eigenvalue weighted by molar-refractivity contribution is -0.141. The van der Waals surface area contributed by atoms with E-state index in [0.29, 0.717) is 5.75 Å². The van der Waals surface area contributed by atoms with Crippen LogP contribution in [0.3, 0.4) is 0 Å². The molecule has 0 unspecified atom stereocenters. The molecule has 0 aliphatic carbocycles. The van der Waals surface area contributed by atoms with E-state index in [4.69, 9.17) is 9.47 Å². The minimum Gasteiger partial charge on any atom is -0.494 e. The molecule has 0 saturated heterocycles. The van der Waals surface area contributed by atoms with Crippen LogP contribution in [-0.4, -0.2) is 29.7 Å². The van der Waals surface area contributed by atoms with Gasteiger partial charge in [-0.3, -0.25) is 4.79 Å². The number of aromatic nitrogens is 1. The first-order valence-electron chi connectivity index (χ1n) is 11.1. The number of fused-ring (bicyclic) bond motifs is 1. The van der Waals surface area contributed by atoms with Crippen LogP contribution in [0.4, 0.5) is 8.78 Å². The first-order valence-corrected chi connectivity index (χ1v) is 11.1. The third-order valence-corrected chi connectivity index (χ3v) is 5.35. The van der Waals surface area contributed by atoms with E-state index in [1.165, 1.54) is 6.92 Å². The Kier molecular flexibility index (Phi) is 7.89. The third kappa shape index (κ3) is 6.31. The molecule has 172 valence electrons. The van der Waals surface area contributed by atoms with Crippen molar-refractivity contribution in [2.45, 2.75) is 58.4 Å². The van der Waals surface area contributed by atoms with Crippen LogP contribution in [0.25, 0.3) is 22.2 Å². The number of esters is 1. The molecule has 32 heavy (non-hydrogen) atoms. The Morgan fingerprint density at radius 1 is 1.00 bits per heavy atom. The van der Waals surface area contributed by atoms with Crippen molar-refractivity contribution < 1.29 is 23.0 Å². The second-order valence-corrected chi connectivity index (χ2v) is 8.33. The smallest absolute Gasteiger partial charge is 0.302 e. The summed E-state index contributed by atoms with van der Waals surface area (Å²) in [5.74, 6) is -2.56. The van der Waals surface area contributed by atoms with Gasteiger partial charge < -0.3 is 14.0 Å². The van der Waals surface area contributed by atoms with Crippen molar-refractivity contribution in [3.8, 4) is 17.0 Å². The second kappa shape index (κ2) is 10.6. The molecule has 0 N–H and O–H groups in total. The number of rotatable bonds is 11. The molecule has 3 aromatic rings. The van der Waals surface area contributed by atoms with Crippen molar-refractivity contribution >= 4 is 16.9 Å². The summed E-state index contributed by atoms with van der Waals surface area (Å²) < 4.78 is 40.8. The van der Waals surface area contributed by atoms with Gasteiger partial charge in [0.05, 0.1) is 18.7 Å².